The van der Waals surface area contributed by atoms with Gasteiger partial charge in [0.25, 0.3) is 0 Å². The fraction of sp³-hybridized carbons (Fsp3) is 0.900. The number of ether oxygens (including phenoxy) is 1. The smallest absolute Gasteiger partial charge is 0.220 e. The van der Waals surface area contributed by atoms with E-state index in [4.69, 9.17) is 17.0 Å². The van der Waals surface area contributed by atoms with Crippen molar-refractivity contribution in [1.82, 2.24) is 0 Å². The Morgan fingerprint density at radius 1 is 1.38 bits per heavy atom. The molecule has 0 amide bonds. The van der Waals surface area contributed by atoms with Crippen LogP contribution in [0.2, 0.25) is 0 Å². The summed E-state index contributed by atoms with van der Waals surface area (Å²) in [6.45, 7) is 4.43. The quantitative estimate of drug-likeness (QED) is 0.650. The van der Waals surface area contributed by atoms with E-state index in [1.165, 1.54) is 25.7 Å². The minimum absolute atomic E-state index is 0.0898. The SMILES string of the molecule is CCCCC1(CCC)CSC(=S)O1. The molecule has 1 fully saturated rings. The predicted octanol–water partition coefficient (Wildman–Crippen LogP) is 3.76. The molecule has 0 aliphatic carbocycles. The fourth-order valence-electron chi connectivity index (χ4n) is 1.75. The van der Waals surface area contributed by atoms with Gasteiger partial charge in [-0.25, -0.2) is 0 Å². The van der Waals surface area contributed by atoms with Gasteiger partial charge in [0.05, 0.1) is 0 Å². The zero-order chi connectivity index (χ0) is 9.73. The lowest BCUT2D eigenvalue weighted by atomic mass is 9.93. The van der Waals surface area contributed by atoms with Crippen LogP contribution in [0, 0.1) is 0 Å². The zero-order valence-corrected chi connectivity index (χ0v) is 10.1. The average molecular weight is 218 g/mol. The van der Waals surface area contributed by atoms with Crippen molar-refractivity contribution in [1.29, 1.82) is 0 Å². The van der Waals surface area contributed by atoms with Gasteiger partial charge in [0.15, 0.2) is 0 Å². The average Bonchev–Trinajstić information content (AvgIpc) is 2.46. The molecule has 3 heteroatoms. The van der Waals surface area contributed by atoms with Crippen molar-refractivity contribution in [3.05, 3.63) is 0 Å². The highest BCUT2D eigenvalue weighted by atomic mass is 32.2. The maximum Gasteiger partial charge on any atom is 0.220 e. The molecular formula is C10H18OS2. The van der Waals surface area contributed by atoms with Crippen LogP contribution in [0.15, 0.2) is 0 Å². The zero-order valence-electron chi connectivity index (χ0n) is 8.47. The van der Waals surface area contributed by atoms with Crippen LogP contribution in [0.1, 0.15) is 46.0 Å². The van der Waals surface area contributed by atoms with E-state index in [1.54, 1.807) is 11.8 Å². The van der Waals surface area contributed by atoms with Crippen molar-refractivity contribution < 1.29 is 4.74 Å². The monoisotopic (exact) mass is 218 g/mol. The number of unbranched alkanes of at least 4 members (excludes halogenated alkanes) is 1. The van der Waals surface area contributed by atoms with Gasteiger partial charge in [-0.05, 0) is 31.5 Å². The molecule has 0 saturated carbocycles. The minimum atomic E-state index is 0.0898. The van der Waals surface area contributed by atoms with Gasteiger partial charge in [-0.1, -0.05) is 38.5 Å². The highest BCUT2D eigenvalue weighted by molar-refractivity contribution is 8.22. The van der Waals surface area contributed by atoms with Gasteiger partial charge < -0.3 is 4.74 Å². The molecule has 1 heterocycles. The van der Waals surface area contributed by atoms with Crippen LogP contribution in [0.25, 0.3) is 0 Å². The number of hydrogen-bond acceptors (Lipinski definition) is 3. The lowest BCUT2D eigenvalue weighted by Crippen LogP contribution is -2.31. The number of thiocarbonyl (C=S) groups is 1. The maximum atomic E-state index is 5.79. The Kier molecular flexibility index (Phi) is 4.53. The molecule has 1 rings (SSSR count). The van der Waals surface area contributed by atoms with E-state index < -0.39 is 0 Å². The van der Waals surface area contributed by atoms with Crippen molar-refractivity contribution in [3.63, 3.8) is 0 Å². The van der Waals surface area contributed by atoms with Crippen LogP contribution in [0.4, 0.5) is 0 Å². The van der Waals surface area contributed by atoms with Crippen molar-refractivity contribution >= 4 is 28.4 Å². The third-order valence-electron chi connectivity index (χ3n) is 2.44. The lowest BCUT2D eigenvalue weighted by Gasteiger charge is -2.26. The highest BCUT2D eigenvalue weighted by Gasteiger charge is 2.37. The molecule has 0 bridgehead atoms. The predicted molar refractivity (Wildman–Crippen MR) is 63.3 cm³/mol. The van der Waals surface area contributed by atoms with Crippen LogP contribution in [0.3, 0.4) is 0 Å². The van der Waals surface area contributed by atoms with E-state index in [2.05, 4.69) is 13.8 Å². The molecule has 13 heavy (non-hydrogen) atoms. The van der Waals surface area contributed by atoms with Gasteiger partial charge >= 0.3 is 0 Å². The van der Waals surface area contributed by atoms with E-state index in [-0.39, 0.29) is 5.60 Å². The second-order valence-corrected chi connectivity index (χ2v) is 5.25. The Hall–Kier alpha value is 0.240. The first-order valence-electron chi connectivity index (χ1n) is 5.08. The second kappa shape index (κ2) is 5.20. The molecule has 1 saturated heterocycles. The standard InChI is InChI=1S/C10H18OS2/c1-3-5-7-10(6-4-2)8-13-9(12)11-10/h3-8H2,1-2H3. The molecule has 1 nitrogen and oxygen atoms in total. The lowest BCUT2D eigenvalue weighted by molar-refractivity contribution is 0.0752. The summed E-state index contributed by atoms with van der Waals surface area (Å²) in [5.41, 5.74) is 0.0898. The number of thioether (sulfide) groups is 1. The van der Waals surface area contributed by atoms with Crippen molar-refractivity contribution in [3.8, 4) is 0 Å². The summed E-state index contributed by atoms with van der Waals surface area (Å²) in [7, 11) is 0. The van der Waals surface area contributed by atoms with Gasteiger partial charge in [0.2, 0.25) is 4.38 Å². The molecule has 0 aromatic carbocycles. The first-order valence-corrected chi connectivity index (χ1v) is 6.47. The van der Waals surface area contributed by atoms with Crippen molar-refractivity contribution in [2.45, 2.75) is 51.6 Å². The molecule has 0 spiro atoms. The van der Waals surface area contributed by atoms with E-state index >= 15 is 0 Å². The summed E-state index contributed by atoms with van der Waals surface area (Å²) < 4.78 is 6.54. The molecule has 1 aliphatic heterocycles. The molecule has 0 radical (unpaired) electrons. The van der Waals surface area contributed by atoms with Gasteiger partial charge in [-0.2, -0.15) is 0 Å². The Balaban J connectivity index is 2.48. The Labute approximate surface area is 90.6 Å². The molecule has 0 N–H and O–H groups in total. The first kappa shape index (κ1) is 11.3. The van der Waals surface area contributed by atoms with E-state index in [1.807, 2.05) is 0 Å². The number of hydrogen-bond donors (Lipinski definition) is 0. The number of rotatable bonds is 5. The third-order valence-corrected chi connectivity index (χ3v) is 3.87. The van der Waals surface area contributed by atoms with Crippen LogP contribution in [-0.4, -0.2) is 15.7 Å². The van der Waals surface area contributed by atoms with Gasteiger partial charge in [-0.3, -0.25) is 0 Å². The van der Waals surface area contributed by atoms with Crippen molar-refractivity contribution in [2.75, 3.05) is 5.75 Å². The van der Waals surface area contributed by atoms with E-state index in [9.17, 15) is 0 Å². The third kappa shape index (κ3) is 3.13. The normalized spacial score (nSPS) is 27.7. The maximum absolute atomic E-state index is 5.79. The van der Waals surface area contributed by atoms with Gasteiger partial charge in [0, 0.05) is 5.75 Å². The van der Waals surface area contributed by atoms with E-state index in [0.717, 1.165) is 16.6 Å². The van der Waals surface area contributed by atoms with Crippen molar-refractivity contribution in [2.24, 2.45) is 0 Å². The topological polar surface area (TPSA) is 9.23 Å². The minimum Gasteiger partial charge on any atom is -0.471 e. The van der Waals surface area contributed by atoms with Gasteiger partial charge in [0.1, 0.15) is 5.60 Å². The summed E-state index contributed by atoms with van der Waals surface area (Å²) in [5.74, 6) is 1.07. The van der Waals surface area contributed by atoms with Crippen LogP contribution in [0.5, 0.6) is 0 Å². The summed E-state index contributed by atoms with van der Waals surface area (Å²) in [4.78, 5) is 0. The summed E-state index contributed by atoms with van der Waals surface area (Å²) in [6.07, 6.45) is 6.01. The Morgan fingerprint density at radius 2 is 2.15 bits per heavy atom. The van der Waals surface area contributed by atoms with E-state index in [0.29, 0.717) is 0 Å². The summed E-state index contributed by atoms with van der Waals surface area (Å²) in [5, 5.41) is 0. The van der Waals surface area contributed by atoms with Crippen LogP contribution < -0.4 is 0 Å². The summed E-state index contributed by atoms with van der Waals surface area (Å²) in [6, 6.07) is 0. The molecule has 0 aromatic heterocycles. The van der Waals surface area contributed by atoms with Crippen LogP contribution >= 0.6 is 24.0 Å². The molecular weight excluding hydrogens is 200 g/mol. The first-order chi connectivity index (χ1) is 6.22. The molecule has 76 valence electrons. The molecule has 0 aromatic rings. The fourth-order valence-corrected chi connectivity index (χ4v) is 3.07. The molecule has 1 atom stereocenters. The Morgan fingerprint density at radius 3 is 2.62 bits per heavy atom. The van der Waals surface area contributed by atoms with Gasteiger partial charge in [-0.15, -0.1) is 0 Å². The van der Waals surface area contributed by atoms with Crippen LogP contribution in [-0.2, 0) is 4.74 Å². The molecule has 1 unspecified atom stereocenters. The summed E-state index contributed by atoms with van der Waals surface area (Å²) >= 11 is 6.78. The Bertz CT molecular complexity index is 182. The largest absolute Gasteiger partial charge is 0.471 e. The highest BCUT2D eigenvalue weighted by Crippen LogP contribution is 2.37. The molecule has 1 aliphatic rings. The second-order valence-electron chi connectivity index (χ2n) is 3.68.